The van der Waals surface area contributed by atoms with Gasteiger partial charge in [-0.05, 0) is 6.42 Å². The number of rotatable bonds is 2. The van der Waals surface area contributed by atoms with Crippen molar-refractivity contribution in [2.24, 2.45) is 10.9 Å². The lowest BCUT2D eigenvalue weighted by atomic mass is 10.1. The predicted octanol–water partition coefficient (Wildman–Crippen LogP) is 0.271. The Morgan fingerprint density at radius 2 is 2.25 bits per heavy atom. The lowest BCUT2D eigenvalue weighted by molar-refractivity contribution is 0.562. The molecule has 1 saturated heterocycles. The molecule has 4 nitrogen and oxygen atoms in total. The molecule has 0 aromatic rings. The summed E-state index contributed by atoms with van der Waals surface area (Å²) in [4.78, 5) is 13.1. The first-order chi connectivity index (χ1) is 5.55. The van der Waals surface area contributed by atoms with E-state index < -0.39 is 9.84 Å². The molecule has 1 unspecified atom stereocenters. The Balaban J connectivity index is 2.71. The van der Waals surface area contributed by atoms with Crippen LogP contribution in [0.1, 0.15) is 6.42 Å². The maximum absolute atomic E-state index is 11.0. The molecular weight excluding hydrogens is 178 g/mol. The molecule has 0 aromatic heterocycles. The SMILES string of the molecule is C=C(N=C=O)C1CCS(=O)(=O)C1. The van der Waals surface area contributed by atoms with Crippen molar-refractivity contribution in [2.45, 2.75) is 6.42 Å². The number of hydrogen-bond donors (Lipinski definition) is 0. The molecule has 1 fully saturated rings. The van der Waals surface area contributed by atoms with Crippen molar-refractivity contribution in [3.63, 3.8) is 0 Å². The quantitative estimate of drug-likeness (QED) is 0.460. The fourth-order valence-corrected chi connectivity index (χ4v) is 2.99. The van der Waals surface area contributed by atoms with Crippen LogP contribution in [0.3, 0.4) is 0 Å². The molecule has 0 radical (unpaired) electrons. The number of allylic oxidation sites excluding steroid dienone is 1. The van der Waals surface area contributed by atoms with Crippen LogP contribution in [0.4, 0.5) is 0 Å². The van der Waals surface area contributed by atoms with Gasteiger partial charge in [-0.2, -0.15) is 4.99 Å². The fourth-order valence-electron chi connectivity index (χ4n) is 1.21. The predicted molar refractivity (Wildman–Crippen MR) is 44.0 cm³/mol. The number of aliphatic imine (C=N–C) groups is 1. The van der Waals surface area contributed by atoms with E-state index in [9.17, 15) is 13.2 Å². The Bertz CT molecular complexity index is 338. The van der Waals surface area contributed by atoms with Crippen molar-refractivity contribution in [1.29, 1.82) is 0 Å². The van der Waals surface area contributed by atoms with Crippen molar-refractivity contribution in [1.82, 2.24) is 0 Å². The van der Waals surface area contributed by atoms with E-state index in [-0.39, 0.29) is 17.4 Å². The van der Waals surface area contributed by atoms with Gasteiger partial charge in [-0.1, -0.05) is 6.58 Å². The molecule has 0 aromatic carbocycles. The number of nitrogens with zero attached hydrogens (tertiary/aromatic N) is 1. The molecule has 1 atom stereocenters. The maximum atomic E-state index is 11.0. The van der Waals surface area contributed by atoms with Crippen molar-refractivity contribution in [2.75, 3.05) is 11.5 Å². The molecule has 1 rings (SSSR count). The molecule has 0 bridgehead atoms. The summed E-state index contributed by atoms with van der Waals surface area (Å²) < 4.78 is 21.9. The van der Waals surface area contributed by atoms with E-state index in [2.05, 4.69) is 11.6 Å². The summed E-state index contributed by atoms with van der Waals surface area (Å²) in [7, 11) is -2.91. The number of hydrogen-bond acceptors (Lipinski definition) is 4. The first-order valence-corrected chi connectivity index (χ1v) is 5.34. The Morgan fingerprint density at radius 3 is 2.67 bits per heavy atom. The highest BCUT2D eigenvalue weighted by atomic mass is 32.2. The van der Waals surface area contributed by atoms with Gasteiger partial charge in [0.05, 0.1) is 17.2 Å². The highest BCUT2D eigenvalue weighted by Crippen LogP contribution is 2.24. The third-order valence-corrected chi connectivity index (χ3v) is 3.66. The molecule has 1 heterocycles. The third kappa shape index (κ3) is 2.03. The first-order valence-electron chi connectivity index (χ1n) is 3.52. The van der Waals surface area contributed by atoms with E-state index in [1.54, 1.807) is 0 Å². The van der Waals surface area contributed by atoms with Gasteiger partial charge in [0.25, 0.3) is 0 Å². The third-order valence-electron chi connectivity index (χ3n) is 1.89. The highest BCUT2D eigenvalue weighted by molar-refractivity contribution is 7.91. The summed E-state index contributed by atoms with van der Waals surface area (Å²) in [6.07, 6.45) is 1.87. The van der Waals surface area contributed by atoms with Crippen LogP contribution in [0.5, 0.6) is 0 Å². The van der Waals surface area contributed by atoms with Crippen LogP contribution in [0.25, 0.3) is 0 Å². The Labute approximate surface area is 70.9 Å². The summed E-state index contributed by atoms with van der Waals surface area (Å²) in [6, 6.07) is 0. The lowest BCUT2D eigenvalue weighted by Crippen LogP contribution is -2.05. The van der Waals surface area contributed by atoms with Crippen molar-refractivity contribution < 1.29 is 13.2 Å². The molecule has 1 aliphatic heterocycles. The van der Waals surface area contributed by atoms with Crippen LogP contribution in [0.15, 0.2) is 17.3 Å². The summed E-state index contributed by atoms with van der Waals surface area (Å²) >= 11 is 0. The van der Waals surface area contributed by atoms with Crippen LogP contribution in [0, 0.1) is 5.92 Å². The molecule has 1 aliphatic rings. The molecule has 0 spiro atoms. The van der Waals surface area contributed by atoms with Gasteiger partial charge in [0.15, 0.2) is 9.84 Å². The largest absolute Gasteiger partial charge is 0.240 e. The number of carbonyl (C=O) groups excluding carboxylic acids is 1. The smallest absolute Gasteiger partial charge is 0.229 e. The number of isocyanates is 1. The van der Waals surface area contributed by atoms with E-state index in [1.807, 2.05) is 0 Å². The second-order valence-electron chi connectivity index (χ2n) is 2.79. The second kappa shape index (κ2) is 3.21. The molecule has 5 heteroatoms. The van der Waals surface area contributed by atoms with E-state index in [4.69, 9.17) is 0 Å². The molecule has 0 saturated carbocycles. The van der Waals surface area contributed by atoms with Crippen LogP contribution < -0.4 is 0 Å². The Morgan fingerprint density at radius 1 is 1.58 bits per heavy atom. The monoisotopic (exact) mass is 187 g/mol. The molecule has 66 valence electrons. The van der Waals surface area contributed by atoms with Crippen LogP contribution in [0.2, 0.25) is 0 Å². The second-order valence-corrected chi connectivity index (χ2v) is 5.02. The Hall–Kier alpha value is -0.930. The molecule has 12 heavy (non-hydrogen) atoms. The summed E-state index contributed by atoms with van der Waals surface area (Å²) in [6.45, 7) is 3.50. The van der Waals surface area contributed by atoms with E-state index in [1.165, 1.54) is 6.08 Å². The minimum absolute atomic E-state index is 0.0665. The first kappa shape index (κ1) is 9.16. The average molecular weight is 187 g/mol. The molecule has 0 amide bonds. The topological polar surface area (TPSA) is 63.6 Å². The van der Waals surface area contributed by atoms with Gasteiger partial charge in [0, 0.05) is 5.92 Å². The van der Waals surface area contributed by atoms with E-state index in [0.29, 0.717) is 12.1 Å². The van der Waals surface area contributed by atoms with Crippen molar-refractivity contribution >= 4 is 15.9 Å². The zero-order valence-electron chi connectivity index (χ0n) is 6.49. The van der Waals surface area contributed by atoms with Gasteiger partial charge in [-0.3, -0.25) is 0 Å². The van der Waals surface area contributed by atoms with Gasteiger partial charge in [-0.25, -0.2) is 13.2 Å². The van der Waals surface area contributed by atoms with Crippen molar-refractivity contribution in [3.8, 4) is 0 Å². The van der Waals surface area contributed by atoms with Gasteiger partial charge in [0.2, 0.25) is 6.08 Å². The van der Waals surface area contributed by atoms with Gasteiger partial charge < -0.3 is 0 Å². The summed E-state index contributed by atoms with van der Waals surface area (Å²) in [5, 5.41) is 0. The van der Waals surface area contributed by atoms with E-state index in [0.717, 1.165) is 0 Å². The standard InChI is InChI=1S/C7H9NO3S/c1-6(8-5-9)7-2-3-12(10,11)4-7/h7H,1-4H2. The van der Waals surface area contributed by atoms with Gasteiger partial charge in [0.1, 0.15) is 0 Å². The minimum Gasteiger partial charge on any atom is -0.229 e. The van der Waals surface area contributed by atoms with Crippen molar-refractivity contribution in [3.05, 3.63) is 12.3 Å². The van der Waals surface area contributed by atoms with Gasteiger partial charge in [-0.15, -0.1) is 0 Å². The highest BCUT2D eigenvalue weighted by Gasteiger charge is 2.29. The molecule has 0 N–H and O–H groups in total. The summed E-state index contributed by atoms with van der Waals surface area (Å²) in [5.41, 5.74) is 0.325. The van der Waals surface area contributed by atoms with Crippen LogP contribution >= 0.6 is 0 Å². The summed E-state index contributed by atoms with van der Waals surface area (Å²) in [5.74, 6) is 0.0543. The average Bonchev–Trinajstić information content (AvgIpc) is 2.31. The number of sulfone groups is 1. The molecule has 0 aliphatic carbocycles. The fraction of sp³-hybridized carbons (Fsp3) is 0.571. The van der Waals surface area contributed by atoms with Crippen LogP contribution in [-0.2, 0) is 14.6 Å². The maximum Gasteiger partial charge on any atom is 0.240 e. The zero-order valence-corrected chi connectivity index (χ0v) is 7.30. The minimum atomic E-state index is -2.91. The lowest BCUT2D eigenvalue weighted by Gasteiger charge is -2.02. The van der Waals surface area contributed by atoms with Crippen LogP contribution in [-0.4, -0.2) is 26.0 Å². The Kier molecular flexibility index (Phi) is 2.45. The normalized spacial score (nSPS) is 26.2. The van der Waals surface area contributed by atoms with Gasteiger partial charge >= 0.3 is 0 Å². The zero-order chi connectivity index (χ0) is 9.19. The molecular formula is C7H9NO3S. The van der Waals surface area contributed by atoms with E-state index >= 15 is 0 Å².